The van der Waals surface area contributed by atoms with Gasteiger partial charge in [-0.15, -0.1) is 5.10 Å². The van der Waals surface area contributed by atoms with E-state index in [1.54, 1.807) is 0 Å². The van der Waals surface area contributed by atoms with Crippen molar-refractivity contribution >= 4 is 22.5 Å². The molecule has 2 aromatic heterocycles. The number of rotatable bonds is 3. The highest BCUT2D eigenvalue weighted by atomic mass is 16.1. The van der Waals surface area contributed by atoms with Crippen molar-refractivity contribution < 1.29 is 0 Å². The third kappa shape index (κ3) is 3.67. The number of anilines is 2. The molecule has 0 bridgehead atoms. The van der Waals surface area contributed by atoms with Gasteiger partial charge in [0.15, 0.2) is 5.82 Å². The van der Waals surface area contributed by atoms with Gasteiger partial charge in [0.05, 0.1) is 22.3 Å². The fourth-order valence-corrected chi connectivity index (χ4v) is 4.69. The number of nitrogens with zero attached hydrogens (tertiary/aromatic N) is 5. The lowest BCUT2D eigenvalue weighted by atomic mass is 10.1. The van der Waals surface area contributed by atoms with Gasteiger partial charge in [-0.1, -0.05) is 24.3 Å². The molecule has 0 spiro atoms. The van der Waals surface area contributed by atoms with E-state index in [0.717, 1.165) is 72.1 Å². The van der Waals surface area contributed by atoms with E-state index in [4.69, 9.17) is 4.98 Å². The fraction of sp³-hybridized carbons (Fsp3) is 0.231. The zero-order chi connectivity index (χ0) is 23.1. The fourth-order valence-electron chi connectivity index (χ4n) is 4.69. The normalized spacial score (nSPS) is 14.6. The Labute approximate surface area is 196 Å². The summed E-state index contributed by atoms with van der Waals surface area (Å²) in [4.78, 5) is 28.5. The van der Waals surface area contributed by atoms with Gasteiger partial charge in [-0.25, -0.2) is 4.98 Å². The molecule has 4 heterocycles. The molecule has 1 saturated heterocycles. The average Bonchev–Trinajstić information content (AvgIpc) is 3.16. The summed E-state index contributed by atoms with van der Waals surface area (Å²) < 4.78 is 0. The molecule has 0 amide bonds. The maximum absolute atomic E-state index is 12.7. The maximum atomic E-state index is 12.7. The second-order valence-electron chi connectivity index (χ2n) is 8.71. The van der Waals surface area contributed by atoms with Crippen molar-refractivity contribution in [1.82, 2.24) is 25.1 Å². The predicted octanol–water partition coefficient (Wildman–Crippen LogP) is 3.84. The van der Waals surface area contributed by atoms with Crippen LogP contribution in [0.2, 0.25) is 0 Å². The minimum atomic E-state index is -0.132. The Kier molecular flexibility index (Phi) is 4.98. The van der Waals surface area contributed by atoms with Gasteiger partial charge < -0.3 is 19.8 Å². The first kappa shape index (κ1) is 20.4. The van der Waals surface area contributed by atoms with Crippen molar-refractivity contribution in [2.45, 2.75) is 13.3 Å². The molecule has 1 aliphatic carbocycles. The van der Waals surface area contributed by atoms with Gasteiger partial charge in [-0.2, -0.15) is 5.10 Å². The van der Waals surface area contributed by atoms with Crippen LogP contribution in [-0.2, 0) is 0 Å². The Morgan fingerprint density at radius 2 is 1.71 bits per heavy atom. The minimum Gasteiger partial charge on any atom is -0.370 e. The number of imidazole rings is 1. The number of benzene rings is 1. The van der Waals surface area contributed by atoms with Crippen LogP contribution in [0.4, 0.5) is 11.5 Å². The van der Waals surface area contributed by atoms with Gasteiger partial charge in [-0.05, 0) is 49.7 Å². The second kappa shape index (κ2) is 8.30. The first-order valence-corrected chi connectivity index (χ1v) is 11.6. The van der Waals surface area contributed by atoms with Gasteiger partial charge in [0.2, 0.25) is 0 Å². The third-order valence-electron chi connectivity index (χ3n) is 6.46. The lowest BCUT2D eigenvalue weighted by molar-refractivity contribution is 0.783. The van der Waals surface area contributed by atoms with E-state index >= 15 is 0 Å². The van der Waals surface area contributed by atoms with Crippen LogP contribution in [0.3, 0.4) is 0 Å². The molecule has 34 heavy (non-hydrogen) atoms. The van der Waals surface area contributed by atoms with Crippen molar-refractivity contribution in [1.29, 1.82) is 0 Å². The summed E-state index contributed by atoms with van der Waals surface area (Å²) in [5, 5.41) is 8.56. The van der Waals surface area contributed by atoms with Crippen molar-refractivity contribution in [3.8, 4) is 22.6 Å². The van der Waals surface area contributed by atoms with Crippen molar-refractivity contribution in [2.75, 3.05) is 36.0 Å². The van der Waals surface area contributed by atoms with Crippen molar-refractivity contribution in [3.63, 3.8) is 0 Å². The third-order valence-corrected chi connectivity index (χ3v) is 6.46. The van der Waals surface area contributed by atoms with E-state index in [0.29, 0.717) is 11.4 Å². The summed E-state index contributed by atoms with van der Waals surface area (Å²) in [6, 6.07) is 20.0. The quantitative estimate of drug-likeness (QED) is 0.433. The lowest BCUT2D eigenvalue weighted by Crippen LogP contribution is -2.31. The number of aryl methyl sites for hydroxylation is 1. The van der Waals surface area contributed by atoms with Gasteiger partial charge in [0.25, 0.3) is 5.56 Å². The Balaban J connectivity index is 1.28. The number of fused-ring (bicyclic) bond motifs is 2. The first-order chi connectivity index (χ1) is 16.7. The summed E-state index contributed by atoms with van der Waals surface area (Å²) in [5.74, 6) is 1.52. The monoisotopic (exact) mass is 451 g/mol. The van der Waals surface area contributed by atoms with Gasteiger partial charge in [-0.3, -0.25) is 4.79 Å². The van der Waals surface area contributed by atoms with E-state index in [1.165, 1.54) is 0 Å². The summed E-state index contributed by atoms with van der Waals surface area (Å²) in [7, 11) is 0. The SMILES string of the molecule is Cc1ccc(N2CCCN(c3ccc4[nH]c(-c5c6cccccc-6[nH]c5=O)nc4c3)CC2)nn1. The molecule has 8 heteroatoms. The molecule has 6 rings (SSSR count). The molecule has 1 fully saturated rings. The molecular weight excluding hydrogens is 426 g/mol. The topological polar surface area (TPSA) is 93.8 Å². The zero-order valence-electron chi connectivity index (χ0n) is 19.0. The summed E-state index contributed by atoms with van der Waals surface area (Å²) in [6.45, 7) is 5.64. The molecule has 3 aromatic rings. The lowest BCUT2D eigenvalue weighted by Gasteiger charge is -2.24. The van der Waals surface area contributed by atoms with Crippen LogP contribution in [0.1, 0.15) is 12.1 Å². The first-order valence-electron chi connectivity index (χ1n) is 11.6. The largest absolute Gasteiger partial charge is 0.370 e. The van der Waals surface area contributed by atoms with Crippen LogP contribution in [-0.4, -0.2) is 51.3 Å². The molecular formula is C26H25N7O. The maximum Gasteiger partial charge on any atom is 0.260 e. The minimum absolute atomic E-state index is 0.132. The Hall–Kier alpha value is -4.20. The van der Waals surface area contributed by atoms with E-state index in [9.17, 15) is 4.79 Å². The van der Waals surface area contributed by atoms with Gasteiger partial charge in [0, 0.05) is 43.1 Å². The number of hydrogen-bond donors (Lipinski definition) is 2. The summed E-state index contributed by atoms with van der Waals surface area (Å²) in [6.07, 6.45) is 1.03. The van der Waals surface area contributed by atoms with E-state index < -0.39 is 0 Å². The van der Waals surface area contributed by atoms with E-state index in [-0.39, 0.29) is 5.56 Å². The number of nitrogens with one attached hydrogen (secondary N) is 2. The summed E-state index contributed by atoms with van der Waals surface area (Å²) in [5.41, 5.74) is 5.94. The molecule has 8 nitrogen and oxygen atoms in total. The van der Waals surface area contributed by atoms with Crippen LogP contribution >= 0.6 is 0 Å². The van der Waals surface area contributed by atoms with Crippen LogP contribution in [0, 0.1) is 6.92 Å². The molecule has 0 saturated carbocycles. The standard InChI is InChI=1S/C26H25N7O/c1-17-8-11-23(31-30-17)33-13-5-12-32(14-15-33)18-9-10-21-22(16-18)28-25(27-21)24-19-6-3-2-4-7-20(19)29-26(24)34/h2-4,6-11,16H,5,12-15H2,1H3,(H,27,28)(H,29,34). The number of aromatic nitrogens is 5. The van der Waals surface area contributed by atoms with Crippen LogP contribution in [0.25, 0.3) is 33.7 Å². The van der Waals surface area contributed by atoms with Crippen LogP contribution in [0.5, 0.6) is 0 Å². The molecule has 0 radical (unpaired) electrons. The second-order valence-corrected chi connectivity index (χ2v) is 8.71. The van der Waals surface area contributed by atoms with E-state index in [1.807, 2.05) is 49.4 Å². The van der Waals surface area contributed by atoms with Crippen molar-refractivity contribution in [3.05, 3.63) is 76.7 Å². The van der Waals surface area contributed by atoms with Crippen LogP contribution in [0.15, 0.2) is 65.5 Å². The summed E-state index contributed by atoms with van der Waals surface area (Å²) >= 11 is 0. The number of aromatic amines is 2. The Morgan fingerprint density at radius 1 is 0.853 bits per heavy atom. The molecule has 2 aliphatic heterocycles. The highest BCUT2D eigenvalue weighted by Crippen LogP contribution is 2.30. The molecule has 2 N–H and O–H groups in total. The Morgan fingerprint density at radius 3 is 2.59 bits per heavy atom. The van der Waals surface area contributed by atoms with Gasteiger partial charge >= 0.3 is 0 Å². The number of hydrogen-bond acceptors (Lipinski definition) is 6. The van der Waals surface area contributed by atoms with Gasteiger partial charge in [0.1, 0.15) is 5.82 Å². The zero-order valence-corrected chi connectivity index (χ0v) is 19.0. The highest BCUT2D eigenvalue weighted by Gasteiger charge is 2.20. The van der Waals surface area contributed by atoms with Crippen LogP contribution < -0.4 is 15.4 Å². The predicted molar refractivity (Wildman–Crippen MR) is 135 cm³/mol. The molecule has 3 aliphatic rings. The Bertz CT molecular complexity index is 1490. The molecule has 0 atom stereocenters. The molecule has 170 valence electrons. The average molecular weight is 452 g/mol. The molecule has 1 aromatic carbocycles. The smallest absolute Gasteiger partial charge is 0.260 e. The van der Waals surface area contributed by atoms with Crippen molar-refractivity contribution in [2.24, 2.45) is 0 Å². The number of H-pyrrole nitrogens is 2. The highest BCUT2D eigenvalue weighted by molar-refractivity contribution is 5.87. The van der Waals surface area contributed by atoms with E-state index in [2.05, 4.69) is 48.2 Å². The molecule has 0 unspecified atom stereocenters.